The van der Waals surface area contributed by atoms with Gasteiger partial charge in [0.15, 0.2) is 5.82 Å². The van der Waals surface area contributed by atoms with Gasteiger partial charge in [0.2, 0.25) is 0 Å². The standard InChI is InChI=1S/C33H21Cl2N5O2/c34-25-13-10-22(29(35)17-25)20-42-27-14-11-21(12-15-27)31-24(19-40(39-31)26-6-2-1-3-7-26)16-23(18-36)32-37-30-9-5-4-8-28(30)33(41)38-32/h1-17,19H,20H2,(H,37,38,41)/b23-16+. The summed E-state index contributed by atoms with van der Waals surface area (Å²) >= 11 is 12.3. The number of aromatic nitrogens is 4. The average molecular weight is 590 g/mol. The molecule has 0 aliphatic carbocycles. The van der Waals surface area contributed by atoms with E-state index in [9.17, 15) is 10.1 Å². The van der Waals surface area contributed by atoms with E-state index in [0.29, 0.717) is 38.0 Å². The van der Waals surface area contributed by atoms with Crippen LogP contribution in [-0.2, 0) is 6.61 Å². The smallest absolute Gasteiger partial charge is 0.259 e. The number of ether oxygens (including phenoxy) is 1. The summed E-state index contributed by atoms with van der Waals surface area (Å²) in [5.74, 6) is 0.837. The van der Waals surface area contributed by atoms with Crippen LogP contribution in [0.25, 0.3) is 39.5 Å². The van der Waals surface area contributed by atoms with E-state index in [4.69, 9.17) is 33.0 Å². The molecule has 0 spiro atoms. The molecule has 42 heavy (non-hydrogen) atoms. The second-order valence-electron chi connectivity index (χ2n) is 9.36. The number of nitrogens with zero attached hydrogens (tertiary/aromatic N) is 4. The number of halogens is 2. The van der Waals surface area contributed by atoms with Crippen LogP contribution in [0.2, 0.25) is 10.0 Å². The number of benzene rings is 4. The zero-order chi connectivity index (χ0) is 29.1. The van der Waals surface area contributed by atoms with E-state index in [0.717, 1.165) is 16.8 Å². The molecule has 0 unspecified atom stereocenters. The minimum absolute atomic E-state index is 0.184. The predicted molar refractivity (Wildman–Crippen MR) is 166 cm³/mol. The maximum absolute atomic E-state index is 12.7. The Morgan fingerprint density at radius 3 is 2.50 bits per heavy atom. The summed E-state index contributed by atoms with van der Waals surface area (Å²) in [5, 5.41) is 16.5. The third-order valence-corrected chi connectivity index (χ3v) is 7.18. The molecule has 0 fully saturated rings. The molecule has 6 rings (SSSR count). The van der Waals surface area contributed by atoms with Crippen molar-refractivity contribution in [1.29, 1.82) is 5.26 Å². The molecule has 0 saturated heterocycles. The second kappa shape index (κ2) is 11.8. The number of aromatic amines is 1. The maximum Gasteiger partial charge on any atom is 0.259 e. The zero-order valence-corrected chi connectivity index (χ0v) is 23.5. The van der Waals surface area contributed by atoms with E-state index in [2.05, 4.69) is 16.0 Å². The van der Waals surface area contributed by atoms with Crippen molar-refractivity contribution in [3.05, 3.63) is 141 Å². The predicted octanol–water partition coefficient (Wildman–Crippen LogP) is 7.73. The van der Waals surface area contributed by atoms with Crippen LogP contribution >= 0.6 is 23.2 Å². The molecule has 204 valence electrons. The summed E-state index contributed by atoms with van der Waals surface area (Å²) in [6, 6.07) is 31.6. The number of nitrogens with one attached hydrogen (secondary N) is 1. The molecule has 9 heteroatoms. The van der Waals surface area contributed by atoms with E-state index in [1.807, 2.05) is 66.9 Å². The molecule has 2 heterocycles. The number of rotatable bonds is 7. The molecule has 0 saturated carbocycles. The van der Waals surface area contributed by atoms with Crippen LogP contribution in [0.3, 0.4) is 0 Å². The average Bonchev–Trinajstić information content (AvgIpc) is 3.44. The number of H-pyrrole nitrogens is 1. The molecule has 0 radical (unpaired) electrons. The number of fused-ring (bicyclic) bond motifs is 1. The van der Waals surface area contributed by atoms with Crippen LogP contribution in [0.4, 0.5) is 0 Å². The van der Waals surface area contributed by atoms with Gasteiger partial charge in [-0.15, -0.1) is 0 Å². The topological polar surface area (TPSA) is 96.6 Å². The molecular weight excluding hydrogens is 569 g/mol. The maximum atomic E-state index is 12.7. The Kier molecular flexibility index (Phi) is 7.56. The first kappa shape index (κ1) is 27.0. The fraction of sp³-hybridized carbons (Fsp3) is 0.0303. The summed E-state index contributed by atoms with van der Waals surface area (Å²) in [6.07, 6.45) is 3.52. The van der Waals surface area contributed by atoms with Crippen LogP contribution in [0.5, 0.6) is 5.75 Å². The van der Waals surface area contributed by atoms with Crippen LogP contribution in [-0.4, -0.2) is 19.7 Å². The molecule has 0 amide bonds. The van der Waals surface area contributed by atoms with Crippen molar-refractivity contribution in [1.82, 2.24) is 19.7 Å². The monoisotopic (exact) mass is 589 g/mol. The lowest BCUT2D eigenvalue weighted by Crippen LogP contribution is -2.11. The van der Waals surface area contributed by atoms with Gasteiger partial charge in [0.25, 0.3) is 5.56 Å². The van der Waals surface area contributed by atoms with Crippen molar-refractivity contribution >= 4 is 45.8 Å². The van der Waals surface area contributed by atoms with Crippen LogP contribution in [0, 0.1) is 11.3 Å². The number of nitriles is 1. The second-order valence-corrected chi connectivity index (χ2v) is 10.2. The first-order chi connectivity index (χ1) is 20.5. The Labute approximate surface area is 250 Å². The van der Waals surface area contributed by atoms with E-state index in [-0.39, 0.29) is 23.6 Å². The molecular formula is C33H21Cl2N5O2. The van der Waals surface area contributed by atoms with Gasteiger partial charge >= 0.3 is 0 Å². The summed E-state index contributed by atoms with van der Waals surface area (Å²) in [5.41, 5.74) is 4.20. The number of hydrogen-bond donors (Lipinski definition) is 1. The lowest BCUT2D eigenvalue weighted by atomic mass is 10.1. The molecule has 6 aromatic rings. The summed E-state index contributed by atoms with van der Waals surface area (Å²) in [7, 11) is 0. The Morgan fingerprint density at radius 2 is 1.74 bits per heavy atom. The van der Waals surface area contributed by atoms with Gasteiger partial charge < -0.3 is 9.72 Å². The highest BCUT2D eigenvalue weighted by atomic mass is 35.5. The van der Waals surface area contributed by atoms with Gasteiger partial charge in [-0.25, -0.2) is 9.67 Å². The van der Waals surface area contributed by atoms with E-state index < -0.39 is 0 Å². The summed E-state index contributed by atoms with van der Waals surface area (Å²) in [6.45, 7) is 0.286. The third kappa shape index (κ3) is 5.68. The molecule has 1 N–H and O–H groups in total. The van der Waals surface area contributed by atoms with Gasteiger partial charge in [0.05, 0.1) is 27.9 Å². The summed E-state index contributed by atoms with van der Waals surface area (Å²) in [4.78, 5) is 20.0. The lowest BCUT2D eigenvalue weighted by Gasteiger charge is -2.09. The summed E-state index contributed by atoms with van der Waals surface area (Å²) < 4.78 is 7.69. The molecule has 7 nitrogen and oxygen atoms in total. The van der Waals surface area contributed by atoms with Gasteiger partial charge in [0, 0.05) is 32.9 Å². The normalized spacial score (nSPS) is 11.4. The van der Waals surface area contributed by atoms with Crippen molar-refractivity contribution in [2.75, 3.05) is 0 Å². The van der Waals surface area contributed by atoms with Crippen molar-refractivity contribution in [3.8, 4) is 28.8 Å². The van der Waals surface area contributed by atoms with Gasteiger partial charge in [0.1, 0.15) is 18.4 Å². The van der Waals surface area contributed by atoms with E-state index in [1.165, 1.54) is 0 Å². The van der Waals surface area contributed by atoms with Crippen LogP contribution < -0.4 is 10.3 Å². The van der Waals surface area contributed by atoms with Gasteiger partial charge in [-0.3, -0.25) is 4.79 Å². The van der Waals surface area contributed by atoms with Gasteiger partial charge in [-0.2, -0.15) is 10.4 Å². The minimum atomic E-state index is -0.313. The Hall–Kier alpha value is -5.16. The highest BCUT2D eigenvalue weighted by Crippen LogP contribution is 2.29. The first-order valence-electron chi connectivity index (χ1n) is 12.9. The Bertz CT molecular complexity index is 2040. The largest absolute Gasteiger partial charge is 0.489 e. The highest BCUT2D eigenvalue weighted by molar-refractivity contribution is 6.35. The van der Waals surface area contributed by atoms with Crippen molar-refractivity contribution in [2.45, 2.75) is 6.61 Å². The zero-order valence-electron chi connectivity index (χ0n) is 22.0. The van der Waals surface area contributed by atoms with Crippen LogP contribution in [0.15, 0.2) is 108 Å². The van der Waals surface area contributed by atoms with Gasteiger partial charge in [-0.05, 0) is 66.7 Å². The lowest BCUT2D eigenvalue weighted by molar-refractivity contribution is 0.306. The Morgan fingerprint density at radius 1 is 0.976 bits per heavy atom. The fourth-order valence-corrected chi connectivity index (χ4v) is 4.93. The first-order valence-corrected chi connectivity index (χ1v) is 13.7. The van der Waals surface area contributed by atoms with E-state index >= 15 is 0 Å². The Balaban J connectivity index is 1.37. The molecule has 0 bridgehead atoms. The molecule has 4 aromatic carbocycles. The van der Waals surface area contributed by atoms with Crippen molar-refractivity contribution in [3.63, 3.8) is 0 Å². The SMILES string of the molecule is N#C/C(=C\c1cn(-c2ccccc2)nc1-c1ccc(OCc2ccc(Cl)cc2Cl)cc1)c1nc2ccccc2c(=O)[nH]1. The van der Waals surface area contributed by atoms with Crippen LogP contribution in [0.1, 0.15) is 17.0 Å². The van der Waals surface area contributed by atoms with Crippen molar-refractivity contribution < 1.29 is 4.74 Å². The van der Waals surface area contributed by atoms with E-state index in [1.54, 1.807) is 47.2 Å². The molecule has 0 aliphatic heterocycles. The highest BCUT2D eigenvalue weighted by Gasteiger charge is 2.15. The van der Waals surface area contributed by atoms with Gasteiger partial charge in [-0.1, -0.05) is 59.6 Å². The minimum Gasteiger partial charge on any atom is -0.489 e. The molecule has 2 aromatic heterocycles. The quantitative estimate of drug-likeness (QED) is 0.192. The van der Waals surface area contributed by atoms with Crippen molar-refractivity contribution in [2.24, 2.45) is 0 Å². The third-order valence-electron chi connectivity index (χ3n) is 6.59. The number of para-hydroxylation sites is 2. The number of allylic oxidation sites excluding steroid dienone is 1. The molecule has 0 aliphatic rings. The fourth-order valence-electron chi connectivity index (χ4n) is 4.46. The molecule has 0 atom stereocenters. The number of hydrogen-bond acceptors (Lipinski definition) is 5.